The Balaban J connectivity index is 1.39. The smallest absolute Gasteiger partial charge is 0.322 e. The van der Waals surface area contributed by atoms with Gasteiger partial charge in [-0.2, -0.15) is 0 Å². The van der Waals surface area contributed by atoms with Crippen LogP contribution in [-0.4, -0.2) is 23.1 Å². The van der Waals surface area contributed by atoms with Gasteiger partial charge < -0.3 is 5.32 Å². The standard InChI is InChI=1S/C22H23N3OS/c1-21(16-6-3-2-4-7-16)10-12-22(13-11-21)14-25(20(26)24-22)18-9-5-8-17-19(18)27-15-23-17/h2-9,15H,10-14H2,1H3,(H,24,26)/t21-,22-. The summed E-state index contributed by atoms with van der Waals surface area (Å²) < 4.78 is 1.09. The third-order valence-corrected chi connectivity index (χ3v) is 7.35. The molecule has 138 valence electrons. The third-order valence-electron chi connectivity index (χ3n) is 6.49. The van der Waals surface area contributed by atoms with Gasteiger partial charge in [-0.25, -0.2) is 9.78 Å². The van der Waals surface area contributed by atoms with Gasteiger partial charge in [-0.3, -0.25) is 4.90 Å². The molecular weight excluding hydrogens is 354 g/mol. The van der Waals surface area contributed by atoms with Crippen molar-refractivity contribution in [3.63, 3.8) is 0 Å². The van der Waals surface area contributed by atoms with Crippen molar-refractivity contribution in [2.75, 3.05) is 11.4 Å². The fourth-order valence-electron chi connectivity index (χ4n) is 4.68. The zero-order valence-corrected chi connectivity index (χ0v) is 16.3. The molecule has 27 heavy (non-hydrogen) atoms. The molecule has 5 heteroatoms. The third kappa shape index (κ3) is 2.72. The summed E-state index contributed by atoms with van der Waals surface area (Å²) in [7, 11) is 0. The van der Waals surface area contributed by atoms with Crippen LogP contribution in [0.15, 0.2) is 54.0 Å². The number of hydrogen-bond donors (Lipinski definition) is 1. The highest BCUT2D eigenvalue weighted by molar-refractivity contribution is 7.17. The highest BCUT2D eigenvalue weighted by Gasteiger charge is 2.48. The van der Waals surface area contributed by atoms with E-state index in [0.29, 0.717) is 0 Å². The van der Waals surface area contributed by atoms with Gasteiger partial charge in [0.2, 0.25) is 0 Å². The molecule has 1 N–H and O–H groups in total. The summed E-state index contributed by atoms with van der Waals surface area (Å²) in [6.07, 6.45) is 4.21. The van der Waals surface area contributed by atoms with E-state index in [4.69, 9.17) is 0 Å². The Hall–Kier alpha value is -2.40. The molecular formula is C22H23N3OS. The maximum absolute atomic E-state index is 12.8. The molecule has 3 aromatic rings. The zero-order valence-electron chi connectivity index (χ0n) is 15.4. The second-order valence-corrected chi connectivity index (χ2v) is 9.06. The topological polar surface area (TPSA) is 45.2 Å². The first-order valence-electron chi connectivity index (χ1n) is 9.56. The normalized spacial score (nSPS) is 28.0. The molecule has 1 saturated heterocycles. The summed E-state index contributed by atoms with van der Waals surface area (Å²) in [5.41, 5.74) is 5.30. The van der Waals surface area contributed by atoms with Crippen molar-refractivity contribution in [3.05, 3.63) is 59.6 Å². The molecule has 0 atom stereocenters. The van der Waals surface area contributed by atoms with E-state index >= 15 is 0 Å². The van der Waals surface area contributed by atoms with Crippen LogP contribution in [-0.2, 0) is 5.41 Å². The van der Waals surface area contributed by atoms with Crippen molar-refractivity contribution >= 4 is 33.3 Å². The maximum Gasteiger partial charge on any atom is 0.322 e. The van der Waals surface area contributed by atoms with Crippen molar-refractivity contribution in [3.8, 4) is 0 Å². The van der Waals surface area contributed by atoms with Gasteiger partial charge in [0, 0.05) is 0 Å². The second-order valence-electron chi connectivity index (χ2n) is 8.20. The average molecular weight is 378 g/mol. The summed E-state index contributed by atoms with van der Waals surface area (Å²) in [4.78, 5) is 19.2. The lowest BCUT2D eigenvalue weighted by Crippen LogP contribution is -2.49. The first-order chi connectivity index (χ1) is 13.1. The summed E-state index contributed by atoms with van der Waals surface area (Å²) in [6.45, 7) is 3.11. The Morgan fingerprint density at radius 3 is 2.59 bits per heavy atom. The fraction of sp³-hybridized carbons (Fsp3) is 0.364. The first kappa shape index (κ1) is 16.8. The van der Waals surface area contributed by atoms with Crippen molar-refractivity contribution in [2.24, 2.45) is 0 Å². The van der Waals surface area contributed by atoms with E-state index in [1.54, 1.807) is 11.3 Å². The number of aromatic nitrogens is 1. The Kier molecular flexibility index (Phi) is 3.76. The van der Waals surface area contributed by atoms with Crippen LogP contribution in [0.5, 0.6) is 0 Å². The Morgan fingerprint density at radius 2 is 1.81 bits per heavy atom. The molecule has 2 amide bonds. The van der Waals surface area contributed by atoms with Crippen LogP contribution in [0.4, 0.5) is 10.5 Å². The number of carbonyl (C=O) groups excluding carboxylic acids is 1. The number of thiazole rings is 1. The lowest BCUT2D eigenvalue weighted by molar-refractivity contribution is 0.199. The Morgan fingerprint density at radius 1 is 1.04 bits per heavy atom. The Bertz CT molecular complexity index is 989. The van der Waals surface area contributed by atoms with Crippen LogP contribution in [0.1, 0.15) is 38.2 Å². The van der Waals surface area contributed by atoms with Crippen molar-refractivity contribution < 1.29 is 4.79 Å². The molecule has 5 rings (SSSR count). The van der Waals surface area contributed by atoms with Gasteiger partial charge in [0.1, 0.15) is 0 Å². The summed E-state index contributed by atoms with van der Waals surface area (Å²) >= 11 is 1.60. The molecule has 0 unspecified atom stereocenters. The molecule has 1 aliphatic heterocycles. The summed E-state index contributed by atoms with van der Waals surface area (Å²) in [5, 5.41) is 3.34. The van der Waals surface area contributed by atoms with Crippen LogP contribution in [0, 0.1) is 0 Å². The number of nitrogens with zero attached hydrogens (tertiary/aromatic N) is 2. The first-order valence-corrected chi connectivity index (χ1v) is 10.4. The van der Waals surface area contributed by atoms with Gasteiger partial charge in [0.15, 0.2) is 0 Å². The molecule has 2 heterocycles. The van der Waals surface area contributed by atoms with Crippen molar-refractivity contribution in [1.82, 2.24) is 10.3 Å². The SMILES string of the molecule is C[C@]1(c2ccccc2)CC[C@]2(CC1)CN(c1cccc3ncsc13)C(=O)N2. The number of hydrogen-bond acceptors (Lipinski definition) is 3. The van der Waals surface area contributed by atoms with Crippen LogP contribution in [0.3, 0.4) is 0 Å². The predicted molar refractivity (Wildman–Crippen MR) is 110 cm³/mol. The molecule has 1 spiro atoms. The monoisotopic (exact) mass is 377 g/mol. The number of amides is 2. The van der Waals surface area contributed by atoms with E-state index in [0.717, 1.165) is 48.1 Å². The number of nitrogens with one attached hydrogen (secondary N) is 1. The fourth-order valence-corrected chi connectivity index (χ4v) is 5.49. The molecule has 1 saturated carbocycles. The largest absolute Gasteiger partial charge is 0.330 e. The zero-order chi connectivity index (χ0) is 18.5. The number of fused-ring (bicyclic) bond motifs is 1. The number of urea groups is 1. The lowest BCUT2D eigenvalue weighted by Gasteiger charge is -2.43. The molecule has 2 aliphatic rings. The molecule has 0 radical (unpaired) electrons. The van der Waals surface area contributed by atoms with E-state index < -0.39 is 0 Å². The number of anilines is 1. The molecule has 2 aromatic carbocycles. The van der Waals surface area contributed by atoms with E-state index in [2.05, 4.69) is 47.6 Å². The lowest BCUT2D eigenvalue weighted by atomic mass is 9.65. The van der Waals surface area contributed by atoms with Gasteiger partial charge in [0.25, 0.3) is 0 Å². The van der Waals surface area contributed by atoms with Crippen LogP contribution in [0.2, 0.25) is 0 Å². The summed E-state index contributed by atoms with van der Waals surface area (Å²) in [5.74, 6) is 0. The minimum Gasteiger partial charge on any atom is -0.330 e. The minimum absolute atomic E-state index is 0.0271. The van der Waals surface area contributed by atoms with Gasteiger partial charge in [-0.15, -0.1) is 11.3 Å². The highest BCUT2D eigenvalue weighted by Crippen LogP contribution is 2.45. The number of carbonyl (C=O) groups is 1. The molecule has 4 nitrogen and oxygen atoms in total. The van der Waals surface area contributed by atoms with Gasteiger partial charge in [-0.1, -0.05) is 43.3 Å². The van der Waals surface area contributed by atoms with E-state index in [-0.39, 0.29) is 17.0 Å². The van der Waals surface area contributed by atoms with E-state index in [1.807, 2.05) is 28.6 Å². The molecule has 1 aromatic heterocycles. The van der Waals surface area contributed by atoms with Crippen LogP contribution in [0.25, 0.3) is 10.2 Å². The Labute approximate surface area is 163 Å². The van der Waals surface area contributed by atoms with E-state index in [1.165, 1.54) is 5.56 Å². The quantitative estimate of drug-likeness (QED) is 0.675. The second kappa shape index (κ2) is 6.06. The highest BCUT2D eigenvalue weighted by atomic mass is 32.1. The molecule has 0 bridgehead atoms. The van der Waals surface area contributed by atoms with Gasteiger partial charge in [-0.05, 0) is 48.8 Å². The average Bonchev–Trinajstić information content (AvgIpc) is 3.30. The van der Waals surface area contributed by atoms with Gasteiger partial charge in [0.05, 0.1) is 33.5 Å². The van der Waals surface area contributed by atoms with Crippen LogP contribution < -0.4 is 10.2 Å². The molecule has 2 fully saturated rings. The molecule has 1 aliphatic carbocycles. The van der Waals surface area contributed by atoms with Gasteiger partial charge >= 0.3 is 6.03 Å². The number of rotatable bonds is 2. The van der Waals surface area contributed by atoms with Crippen LogP contribution >= 0.6 is 11.3 Å². The van der Waals surface area contributed by atoms with E-state index in [9.17, 15) is 4.79 Å². The number of benzene rings is 2. The summed E-state index contributed by atoms with van der Waals surface area (Å²) in [6, 6.07) is 16.9. The maximum atomic E-state index is 12.8. The van der Waals surface area contributed by atoms with Crippen molar-refractivity contribution in [2.45, 2.75) is 43.6 Å². The minimum atomic E-state index is -0.113. The van der Waals surface area contributed by atoms with Crippen molar-refractivity contribution in [1.29, 1.82) is 0 Å². The predicted octanol–water partition coefficient (Wildman–Crippen LogP) is 5.10.